The lowest BCUT2D eigenvalue weighted by atomic mass is 9.58. The van der Waals surface area contributed by atoms with Gasteiger partial charge in [-0.1, -0.05) is 28.8 Å². The van der Waals surface area contributed by atoms with Crippen LogP contribution in [0.25, 0.3) is 0 Å². The van der Waals surface area contributed by atoms with Crippen LogP contribution in [0, 0.1) is 11.3 Å². The van der Waals surface area contributed by atoms with Crippen molar-refractivity contribution in [2.24, 2.45) is 11.3 Å². The van der Waals surface area contributed by atoms with Crippen LogP contribution in [0.2, 0.25) is 0 Å². The van der Waals surface area contributed by atoms with Crippen LogP contribution in [0.15, 0.2) is 0 Å². The number of fused-ring (bicyclic) bond motifs is 2. The van der Waals surface area contributed by atoms with Gasteiger partial charge < -0.3 is 4.74 Å². The van der Waals surface area contributed by atoms with Crippen molar-refractivity contribution in [2.45, 2.75) is 43.0 Å². The minimum Gasteiger partial charge on any atom is -0.377 e. The number of hydrogen-bond donors (Lipinski definition) is 0. The average Bonchev–Trinajstić information content (AvgIpc) is 2.72. The van der Waals surface area contributed by atoms with Crippen molar-refractivity contribution in [3.8, 4) is 0 Å². The quantitative estimate of drug-likeness (QED) is 0.582. The Bertz CT molecular complexity index is 198. The fraction of sp³-hybridized carbons (Fsp3) is 1.00. The van der Waals surface area contributed by atoms with E-state index in [0.29, 0.717) is 11.5 Å². The second-order valence-electron chi connectivity index (χ2n) is 4.59. The minimum atomic E-state index is 0.571. The van der Waals surface area contributed by atoms with E-state index in [1.165, 1.54) is 32.1 Å². The molecule has 1 aliphatic heterocycles. The highest BCUT2D eigenvalue weighted by molar-refractivity contribution is 9.09. The third kappa shape index (κ3) is 0.741. The average molecular weight is 231 g/mol. The van der Waals surface area contributed by atoms with E-state index in [4.69, 9.17) is 4.74 Å². The first kappa shape index (κ1) is 7.81. The van der Waals surface area contributed by atoms with E-state index in [9.17, 15) is 0 Å². The van der Waals surface area contributed by atoms with Crippen LogP contribution < -0.4 is 0 Å². The van der Waals surface area contributed by atoms with Crippen LogP contribution in [-0.2, 0) is 4.74 Å². The van der Waals surface area contributed by atoms with Gasteiger partial charge in [0.25, 0.3) is 0 Å². The Morgan fingerprint density at radius 1 is 1.25 bits per heavy atom. The highest BCUT2D eigenvalue weighted by Crippen LogP contribution is 2.63. The molecule has 2 heteroatoms. The van der Waals surface area contributed by atoms with Crippen molar-refractivity contribution in [1.29, 1.82) is 0 Å². The molecule has 0 unspecified atom stereocenters. The number of rotatable bonds is 0. The van der Waals surface area contributed by atoms with Gasteiger partial charge in [0, 0.05) is 22.8 Å². The second kappa shape index (κ2) is 2.48. The standard InChI is InChI=1S/C10H15BrO/c11-8-7-3-6-12-9(7)10(8)4-1-2-5-10/h7-9H,1-6H2/t7-,8-,9+/m1/s1. The van der Waals surface area contributed by atoms with Crippen molar-refractivity contribution in [2.75, 3.05) is 6.61 Å². The molecule has 1 heterocycles. The van der Waals surface area contributed by atoms with E-state index in [1.54, 1.807) is 0 Å². The van der Waals surface area contributed by atoms with Gasteiger partial charge in [0.1, 0.15) is 0 Å². The third-order valence-electron chi connectivity index (χ3n) is 4.16. The molecule has 2 aliphatic carbocycles. The Morgan fingerprint density at radius 3 is 2.75 bits per heavy atom. The summed E-state index contributed by atoms with van der Waals surface area (Å²) in [4.78, 5) is 0.778. The van der Waals surface area contributed by atoms with Crippen molar-refractivity contribution in [3.05, 3.63) is 0 Å². The summed E-state index contributed by atoms with van der Waals surface area (Å²) in [5.41, 5.74) is 0.571. The Morgan fingerprint density at radius 2 is 2.00 bits per heavy atom. The zero-order valence-corrected chi connectivity index (χ0v) is 8.85. The summed E-state index contributed by atoms with van der Waals surface area (Å²) in [5.74, 6) is 0.850. The lowest BCUT2D eigenvalue weighted by molar-refractivity contribution is -0.0890. The molecule has 0 aromatic rings. The molecule has 68 valence electrons. The van der Waals surface area contributed by atoms with Crippen LogP contribution in [0.4, 0.5) is 0 Å². The van der Waals surface area contributed by atoms with Gasteiger partial charge in [0.2, 0.25) is 0 Å². The zero-order valence-electron chi connectivity index (χ0n) is 7.26. The van der Waals surface area contributed by atoms with E-state index < -0.39 is 0 Å². The summed E-state index contributed by atoms with van der Waals surface area (Å²) in [6, 6.07) is 0. The van der Waals surface area contributed by atoms with Gasteiger partial charge in [0.15, 0.2) is 0 Å². The second-order valence-corrected chi connectivity index (χ2v) is 5.57. The first-order chi connectivity index (χ1) is 5.84. The Labute approximate surface area is 82.0 Å². The Hall–Kier alpha value is 0.440. The molecule has 0 N–H and O–H groups in total. The topological polar surface area (TPSA) is 9.23 Å². The van der Waals surface area contributed by atoms with Gasteiger partial charge in [-0.2, -0.15) is 0 Å². The smallest absolute Gasteiger partial charge is 0.0681 e. The molecule has 0 bridgehead atoms. The van der Waals surface area contributed by atoms with E-state index in [2.05, 4.69) is 15.9 Å². The number of alkyl halides is 1. The van der Waals surface area contributed by atoms with E-state index in [0.717, 1.165) is 17.4 Å². The predicted molar refractivity (Wildman–Crippen MR) is 51.5 cm³/mol. The molecule has 3 fully saturated rings. The lowest BCUT2D eigenvalue weighted by Crippen LogP contribution is -2.58. The Kier molecular flexibility index (Phi) is 1.61. The maximum Gasteiger partial charge on any atom is 0.0681 e. The molecule has 1 spiro atoms. The molecular weight excluding hydrogens is 216 g/mol. The highest BCUT2D eigenvalue weighted by Gasteiger charge is 2.63. The molecule has 12 heavy (non-hydrogen) atoms. The fourth-order valence-electron chi connectivity index (χ4n) is 3.56. The highest BCUT2D eigenvalue weighted by atomic mass is 79.9. The molecule has 2 saturated carbocycles. The number of ether oxygens (including phenoxy) is 1. The van der Waals surface area contributed by atoms with Crippen molar-refractivity contribution in [1.82, 2.24) is 0 Å². The third-order valence-corrected chi connectivity index (χ3v) is 5.75. The van der Waals surface area contributed by atoms with Gasteiger partial charge in [-0.3, -0.25) is 0 Å². The maximum absolute atomic E-state index is 5.83. The van der Waals surface area contributed by atoms with Crippen LogP contribution in [-0.4, -0.2) is 17.5 Å². The maximum atomic E-state index is 5.83. The molecule has 3 aliphatic rings. The van der Waals surface area contributed by atoms with Crippen molar-refractivity contribution < 1.29 is 4.74 Å². The molecule has 0 aromatic heterocycles. The van der Waals surface area contributed by atoms with Gasteiger partial charge in [-0.25, -0.2) is 0 Å². The molecule has 0 amide bonds. The van der Waals surface area contributed by atoms with Crippen molar-refractivity contribution in [3.63, 3.8) is 0 Å². The monoisotopic (exact) mass is 230 g/mol. The van der Waals surface area contributed by atoms with E-state index in [-0.39, 0.29) is 0 Å². The molecule has 3 atom stereocenters. The van der Waals surface area contributed by atoms with Gasteiger partial charge in [-0.05, 0) is 19.3 Å². The van der Waals surface area contributed by atoms with E-state index >= 15 is 0 Å². The minimum absolute atomic E-state index is 0.571. The Balaban J connectivity index is 1.87. The molecular formula is C10H15BrO. The van der Waals surface area contributed by atoms with Crippen LogP contribution >= 0.6 is 15.9 Å². The molecule has 0 radical (unpaired) electrons. The molecule has 1 saturated heterocycles. The van der Waals surface area contributed by atoms with E-state index in [1.807, 2.05) is 0 Å². The lowest BCUT2D eigenvalue weighted by Gasteiger charge is -2.54. The fourth-order valence-corrected chi connectivity index (χ4v) is 4.82. The zero-order chi connectivity index (χ0) is 8.18. The summed E-state index contributed by atoms with van der Waals surface area (Å²) < 4.78 is 5.83. The van der Waals surface area contributed by atoms with Crippen LogP contribution in [0.3, 0.4) is 0 Å². The number of halogens is 1. The summed E-state index contributed by atoms with van der Waals surface area (Å²) in [7, 11) is 0. The SMILES string of the molecule is Br[C@@H]1[C@H]2CCO[C@@H]2C12CCCC2. The largest absolute Gasteiger partial charge is 0.377 e. The molecule has 1 nitrogen and oxygen atoms in total. The molecule has 3 rings (SSSR count). The van der Waals surface area contributed by atoms with Crippen LogP contribution in [0.5, 0.6) is 0 Å². The first-order valence-electron chi connectivity index (χ1n) is 5.10. The summed E-state index contributed by atoms with van der Waals surface area (Å²) in [5, 5.41) is 0. The van der Waals surface area contributed by atoms with Crippen LogP contribution in [0.1, 0.15) is 32.1 Å². The van der Waals surface area contributed by atoms with Gasteiger partial charge >= 0.3 is 0 Å². The summed E-state index contributed by atoms with van der Waals surface area (Å²) in [6.45, 7) is 1.01. The summed E-state index contributed by atoms with van der Waals surface area (Å²) >= 11 is 3.87. The van der Waals surface area contributed by atoms with Crippen molar-refractivity contribution >= 4 is 15.9 Å². The normalized spacial score (nSPS) is 49.2. The summed E-state index contributed by atoms with van der Waals surface area (Å²) in [6.07, 6.45) is 7.59. The van der Waals surface area contributed by atoms with Gasteiger partial charge in [-0.15, -0.1) is 0 Å². The van der Waals surface area contributed by atoms with Gasteiger partial charge in [0.05, 0.1) is 6.10 Å². The molecule has 0 aromatic carbocycles. The predicted octanol–water partition coefficient (Wildman–Crippen LogP) is 2.73. The number of hydrogen-bond acceptors (Lipinski definition) is 1. The first-order valence-corrected chi connectivity index (χ1v) is 6.02.